The van der Waals surface area contributed by atoms with Crippen LogP contribution in [0.15, 0.2) is 18.2 Å². The highest BCUT2D eigenvalue weighted by molar-refractivity contribution is 5.90. The van der Waals surface area contributed by atoms with Crippen LogP contribution in [0.5, 0.6) is 0 Å². The average molecular weight is 458 g/mol. The van der Waals surface area contributed by atoms with Gasteiger partial charge in [-0.2, -0.15) is 0 Å². The van der Waals surface area contributed by atoms with Crippen molar-refractivity contribution in [2.24, 2.45) is 22.7 Å². The van der Waals surface area contributed by atoms with Gasteiger partial charge in [-0.15, -0.1) is 0 Å². The number of hydrogen-bond acceptors (Lipinski definition) is 3. The van der Waals surface area contributed by atoms with E-state index in [1.165, 1.54) is 25.3 Å². The number of aliphatic carboxylic acids is 1. The maximum Gasteiger partial charge on any atom is 0.319 e. The van der Waals surface area contributed by atoms with Crippen LogP contribution in [0.1, 0.15) is 70.8 Å². The predicted octanol–water partition coefficient (Wildman–Crippen LogP) is 4.99. The fourth-order valence-electron chi connectivity index (χ4n) is 8.34. The number of carboxylic acids is 1. The molecule has 5 fully saturated rings. The molecule has 1 aromatic carbocycles. The van der Waals surface area contributed by atoms with Crippen molar-refractivity contribution in [1.29, 1.82) is 0 Å². The highest BCUT2D eigenvalue weighted by atomic mass is 19.1. The van der Waals surface area contributed by atoms with Crippen molar-refractivity contribution < 1.29 is 19.1 Å². The van der Waals surface area contributed by atoms with Crippen molar-refractivity contribution in [3.05, 3.63) is 29.6 Å². The zero-order valence-corrected chi connectivity index (χ0v) is 19.8. The van der Waals surface area contributed by atoms with E-state index in [1.54, 1.807) is 6.07 Å². The molecule has 4 bridgehead atoms. The molecule has 5 aliphatic rings. The van der Waals surface area contributed by atoms with Gasteiger partial charge in [0.05, 0.1) is 11.6 Å². The van der Waals surface area contributed by atoms with Crippen molar-refractivity contribution in [3.63, 3.8) is 0 Å². The quantitative estimate of drug-likeness (QED) is 0.582. The van der Waals surface area contributed by atoms with Crippen LogP contribution in [0.2, 0.25) is 0 Å². The van der Waals surface area contributed by atoms with Gasteiger partial charge in [-0.1, -0.05) is 19.9 Å². The highest BCUT2D eigenvalue weighted by Gasteiger charge is 2.60. The second-order valence-electron chi connectivity index (χ2n) is 12.2. The first-order valence-electron chi connectivity index (χ1n) is 12.4. The van der Waals surface area contributed by atoms with E-state index < -0.39 is 11.8 Å². The van der Waals surface area contributed by atoms with Crippen LogP contribution in [0.4, 0.5) is 14.9 Å². The summed E-state index contributed by atoms with van der Waals surface area (Å²) >= 11 is 0. The number of piperidine rings is 1. The number of anilines is 1. The zero-order chi connectivity index (χ0) is 23.4. The Bertz CT molecular complexity index is 940. The Morgan fingerprint density at radius 1 is 1.09 bits per heavy atom. The molecule has 2 amide bonds. The number of nitrogens with one attached hydrogen (secondary N) is 2. The molecule has 7 heteroatoms. The summed E-state index contributed by atoms with van der Waals surface area (Å²) in [4.78, 5) is 26.2. The van der Waals surface area contributed by atoms with Crippen molar-refractivity contribution in [2.75, 3.05) is 18.4 Å². The molecule has 0 aromatic heterocycles. The van der Waals surface area contributed by atoms with Gasteiger partial charge >= 0.3 is 12.0 Å². The van der Waals surface area contributed by atoms with Gasteiger partial charge in [0.25, 0.3) is 0 Å². The highest BCUT2D eigenvalue weighted by Crippen LogP contribution is 2.66. The van der Waals surface area contributed by atoms with Crippen molar-refractivity contribution in [3.8, 4) is 0 Å². The maximum absolute atomic E-state index is 14.8. The minimum Gasteiger partial charge on any atom is -0.481 e. The SMILES string of the molecule is C[C@]12CC3CC(NC(=O)Nc4ccc(CN5CCC(C(=O)O)CC5)cc4F)(C1)C[C@@](C)(C3)C2. The van der Waals surface area contributed by atoms with Gasteiger partial charge in [0.1, 0.15) is 5.82 Å². The standard InChI is InChI=1S/C26H36FN3O3/c1-24-10-18-11-25(2,14-24)16-26(12-18,15-24)29-23(33)28-21-4-3-17(9-20(21)27)13-30-7-5-19(6-8-30)22(31)32/h3-4,9,18-19H,5-8,10-16H2,1-2H3,(H,31,32)(H2,28,29,33)/t18?,24-,25+,26?. The number of rotatable bonds is 5. The van der Waals surface area contributed by atoms with Crippen LogP contribution in [0.3, 0.4) is 0 Å². The smallest absolute Gasteiger partial charge is 0.319 e. The number of carbonyl (C=O) groups is 2. The van der Waals surface area contributed by atoms with Gasteiger partial charge in [-0.05, 0) is 98.9 Å². The molecule has 180 valence electrons. The number of benzene rings is 1. The molecule has 33 heavy (non-hydrogen) atoms. The molecule has 2 unspecified atom stereocenters. The fourth-order valence-corrected chi connectivity index (χ4v) is 8.34. The first-order chi connectivity index (χ1) is 15.5. The second kappa shape index (κ2) is 7.97. The minimum atomic E-state index is -0.730. The molecular weight excluding hydrogens is 421 g/mol. The molecule has 1 saturated heterocycles. The number of carbonyl (C=O) groups excluding carboxylic acids is 1. The van der Waals surface area contributed by atoms with Crippen LogP contribution in [-0.2, 0) is 11.3 Å². The van der Waals surface area contributed by atoms with E-state index in [0.29, 0.717) is 49.2 Å². The molecule has 0 radical (unpaired) electrons. The van der Waals surface area contributed by atoms with E-state index in [4.69, 9.17) is 5.11 Å². The monoisotopic (exact) mass is 457 g/mol. The molecule has 4 saturated carbocycles. The topological polar surface area (TPSA) is 81.7 Å². The first kappa shape index (κ1) is 22.6. The number of likely N-dealkylation sites (tertiary alicyclic amines) is 1. The maximum atomic E-state index is 14.8. The summed E-state index contributed by atoms with van der Waals surface area (Å²) in [6, 6.07) is 4.64. The largest absolute Gasteiger partial charge is 0.481 e. The second-order valence-corrected chi connectivity index (χ2v) is 12.2. The summed E-state index contributed by atoms with van der Waals surface area (Å²) in [5.74, 6) is -0.769. The van der Waals surface area contributed by atoms with Gasteiger partial charge in [-0.25, -0.2) is 9.18 Å². The number of urea groups is 1. The Morgan fingerprint density at radius 2 is 1.76 bits per heavy atom. The van der Waals surface area contributed by atoms with Gasteiger partial charge in [0.2, 0.25) is 0 Å². The number of hydrogen-bond donors (Lipinski definition) is 3. The summed E-state index contributed by atoms with van der Waals surface area (Å²) in [7, 11) is 0. The van der Waals surface area contributed by atoms with E-state index in [-0.39, 0.29) is 23.2 Å². The van der Waals surface area contributed by atoms with E-state index in [0.717, 1.165) is 24.8 Å². The van der Waals surface area contributed by atoms with E-state index >= 15 is 0 Å². The first-order valence-corrected chi connectivity index (χ1v) is 12.4. The van der Waals surface area contributed by atoms with Crippen molar-refractivity contribution in [2.45, 2.75) is 77.3 Å². The van der Waals surface area contributed by atoms with Gasteiger partial charge in [0.15, 0.2) is 0 Å². The number of halogens is 1. The molecule has 0 spiro atoms. The van der Waals surface area contributed by atoms with Crippen molar-refractivity contribution in [1.82, 2.24) is 10.2 Å². The third kappa shape index (κ3) is 4.61. The summed E-state index contributed by atoms with van der Waals surface area (Å²) in [6.07, 6.45) is 8.07. The van der Waals surface area contributed by atoms with Crippen LogP contribution in [0.25, 0.3) is 0 Å². The van der Waals surface area contributed by atoms with E-state index in [1.807, 2.05) is 6.07 Å². The molecule has 1 aliphatic heterocycles. The third-order valence-corrected chi connectivity index (χ3v) is 8.63. The van der Waals surface area contributed by atoms with E-state index in [2.05, 4.69) is 29.4 Å². The van der Waals surface area contributed by atoms with Crippen molar-refractivity contribution >= 4 is 17.7 Å². The fraction of sp³-hybridized carbons (Fsp3) is 0.692. The molecule has 3 N–H and O–H groups in total. The summed E-state index contributed by atoms with van der Waals surface area (Å²) in [6.45, 7) is 6.71. The Morgan fingerprint density at radius 3 is 2.33 bits per heavy atom. The number of carboxylic acid groups (broad SMARTS) is 1. The summed E-state index contributed by atoms with van der Waals surface area (Å²) < 4.78 is 14.8. The summed E-state index contributed by atoms with van der Waals surface area (Å²) in [5.41, 5.74) is 1.45. The van der Waals surface area contributed by atoms with Gasteiger partial charge in [-0.3, -0.25) is 9.69 Å². The normalized spacial score (nSPS) is 36.0. The lowest BCUT2D eigenvalue weighted by molar-refractivity contribution is -0.143. The molecule has 4 aliphatic carbocycles. The van der Waals surface area contributed by atoms with Gasteiger partial charge < -0.3 is 15.7 Å². The minimum absolute atomic E-state index is 0.175. The lowest BCUT2D eigenvalue weighted by Gasteiger charge is -2.65. The lowest BCUT2D eigenvalue weighted by Crippen LogP contribution is -2.65. The molecule has 1 heterocycles. The van der Waals surface area contributed by atoms with Crippen LogP contribution < -0.4 is 10.6 Å². The molecular formula is C26H36FN3O3. The third-order valence-electron chi connectivity index (χ3n) is 8.63. The Kier molecular flexibility index (Phi) is 5.46. The van der Waals surface area contributed by atoms with Crippen LogP contribution >= 0.6 is 0 Å². The Hall–Kier alpha value is -2.15. The number of amides is 2. The van der Waals surface area contributed by atoms with Crippen LogP contribution in [-0.4, -0.2) is 40.6 Å². The van der Waals surface area contributed by atoms with E-state index in [9.17, 15) is 14.0 Å². The average Bonchev–Trinajstić information content (AvgIpc) is 2.67. The molecule has 4 atom stereocenters. The Labute approximate surface area is 195 Å². The summed E-state index contributed by atoms with van der Waals surface area (Å²) in [5, 5.41) is 15.2. The molecule has 1 aromatic rings. The zero-order valence-electron chi connectivity index (χ0n) is 19.8. The molecule has 6 nitrogen and oxygen atoms in total. The molecule has 6 rings (SSSR count). The van der Waals surface area contributed by atoms with Gasteiger partial charge in [0, 0.05) is 12.1 Å². The number of nitrogens with zero attached hydrogens (tertiary/aromatic N) is 1. The predicted molar refractivity (Wildman–Crippen MR) is 124 cm³/mol. The Balaban J connectivity index is 1.19. The van der Waals surface area contributed by atoms with Crippen LogP contribution in [0, 0.1) is 28.5 Å². The lowest BCUT2D eigenvalue weighted by atomic mass is 9.43.